The van der Waals surface area contributed by atoms with Crippen LogP contribution in [0.3, 0.4) is 0 Å². The topological polar surface area (TPSA) is 79.8 Å². The third-order valence-corrected chi connectivity index (χ3v) is 4.94. The van der Waals surface area contributed by atoms with E-state index < -0.39 is 0 Å². The van der Waals surface area contributed by atoms with E-state index in [9.17, 15) is 9.59 Å². The van der Waals surface area contributed by atoms with Crippen molar-refractivity contribution < 1.29 is 4.79 Å². The zero-order chi connectivity index (χ0) is 16.4. The first-order chi connectivity index (χ1) is 11.1. The predicted molar refractivity (Wildman–Crippen MR) is 91.7 cm³/mol. The predicted octanol–water partition coefficient (Wildman–Crippen LogP) is 2.41. The van der Waals surface area contributed by atoms with Crippen molar-refractivity contribution in [3.8, 4) is 0 Å². The lowest BCUT2D eigenvalue weighted by atomic mass is 9.72. The average molecular weight is 379 g/mol. The molecule has 0 aliphatic heterocycles. The van der Waals surface area contributed by atoms with Crippen LogP contribution < -0.4 is 11.0 Å². The maximum absolute atomic E-state index is 11.8. The quantitative estimate of drug-likeness (QED) is 0.756. The van der Waals surface area contributed by atoms with Crippen LogP contribution in [0.15, 0.2) is 27.5 Å². The van der Waals surface area contributed by atoms with Crippen molar-refractivity contribution in [3.05, 3.63) is 44.5 Å². The molecule has 0 saturated heterocycles. The second-order valence-corrected chi connectivity index (χ2v) is 6.85. The number of carbonyl (C=O) groups excluding carboxylic acids is 1. The van der Waals surface area contributed by atoms with Gasteiger partial charge < -0.3 is 10.1 Å². The van der Waals surface area contributed by atoms with Crippen molar-refractivity contribution in [1.29, 1.82) is 0 Å². The summed E-state index contributed by atoms with van der Waals surface area (Å²) in [6.07, 6.45) is 4.32. The Morgan fingerprint density at radius 1 is 1.48 bits per heavy atom. The van der Waals surface area contributed by atoms with E-state index in [2.05, 4.69) is 37.5 Å². The molecule has 2 N–H and O–H groups in total. The minimum atomic E-state index is -0.196. The van der Waals surface area contributed by atoms with Crippen molar-refractivity contribution in [1.82, 2.24) is 14.8 Å². The number of anilines is 1. The summed E-state index contributed by atoms with van der Waals surface area (Å²) in [6.45, 7) is 0.269. The largest absolute Gasteiger partial charge is 0.378 e. The molecule has 6 nitrogen and oxygen atoms in total. The zero-order valence-corrected chi connectivity index (χ0v) is 14.5. The summed E-state index contributed by atoms with van der Waals surface area (Å²) < 4.78 is 2.52. The highest BCUT2D eigenvalue weighted by Crippen LogP contribution is 2.43. The summed E-state index contributed by atoms with van der Waals surface area (Å²) in [7, 11) is 1.75. The lowest BCUT2D eigenvalue weighted by Gasteiger charge is -2.33. The number of carbonyl (C=O) groups is 1. The van der Waals surface area contributed by atoms with Crippen LogP contribution in [0.25, 0.3) is 0 Å². The van der Waals surface area contributed by atoms with Gasteiger partial charge in [0.2, 0.25) is 0 Å². The van der Waals surface area contributed by atoms with Gasteiger partial charge in [-0.2, -0.15) is 5.10 Å². The second-order valence-electron chi connectivity index (χ2n) is 5.94. The molecule has 0 amide bonds. The third-order valence-electron chi connectivity index (χ3n) is 4.48. The van der Waals surface area contributed by atoms with Crippen molar-refractivity contribution in [3.63, 3.8) is 0 Å². The molecule has 0 bridgehead atoms. The third kappa shape index (κ3) is 3.24. The van der Waals surface area contributed by atoms with E-state index in [0.717, 1.165) is 40.7 Å². The van der Waals surface area contributed by atoms with Crippen molar-refractivity contribution >= 4 is 27.9 Å². The van der Waals surface area contributed by atoms with Gasteiger partial charge in [0.05, 0.1) is 6.54 Å². The Morgan fingerprint density at radius 2 is 2.26 bits per heavy atom. The van der Waals surface area contributed by atoms with E-state index in [1.807, 2.05) is 12.1 Å². The van der Waals surface area contributed by atoms with Gasteiger partial charge in [0.25, 0.3) is 0 Å². The molecule has 122 valence electrons. The van der Waals surface area contributed by atoms with Crippen molar-refractivity contribution in [2.24, 2.45) is 13.0 Å². The molecule has 1 aliphatic carbocycles. The molecule has 3 rings (SSSR count). The highest BCUT2D eigenvalue weighted by molar-refractivity contribution is 9.10. The van der Waals surface area contributed by atoms with Gasteiger partial charge >= 0.3 is 5.69 Å². The second kappa shape index (κ2) is 6.70. The van der Waals surface area contributed by atoms with Gasteiger partial charge in [-0.3, -0.25) is 4.57 Å². The van der Waals surface area contributed by atoms with Crippen molar-refractivity contribution in [2.45, 2.75) is 25.2 Å². The Bertz CT molecular complexity index is 764. The van der Waals surface area contributed by atoms with Crippen LogP contribution >= 0.6 is 15.9 Å². The van der Waals surface area contributed by atoms with E-state index in [1.165, 1.54) is 6.42 Å². The summed E-state index contributed by atoms with van der Waals surface area (Å²) in [4.78, 5) is 22.4. The van der Waals surface area contributed by atoms with E-state index in [1.54, 1.807) is 11.6 Å². The highest BCUT2D eigenvalue weighted by atomic mass is 79.9. The molecule has 23 heavy (non-hydrogen) atoms. The van der Waals surface area contributed by atoms with Gasteiger partial charge in [-0.25, -0.2) is 9.89 Å². The number of hydrogen-bond donors (Lipinski definition) is 2. The first-order valence-corrected chi connectivity index (χ1v) is 8.48. The van der Waals surface area contributed by atoms with Crippen LogP contribution in [0.1, 0.15) is 36.6 Å². The molecule has 2 aromatic rings. The number of aldehydes is 1. The number of aromatic amines is 1. The number of halogens is 1. The fourth-order valence-corrected chi connectivity index (χ4v) is 3.61. The van der Waals surface area contributed by atoms with Gasteiger partial charge in [0.1, 0.15) is 12.1 Å². The molecule has 1 saturated carbocycles. The van der Waals surface area contributed by atoms with Gasteiger partial charge in [0.15, 0.2) is 0 Å². The van der Waals surface area contributed by atoms with Crippen LogP contribution in [0.4, 0.5) is 5.69 Å². The average Bonchev–Trinajstić information content (AvgIpc) is 2.80. The summed E-state index contributed by atoms with van der Waals surface area (Å²) in [5.41, 5.74) is 1.78. The Balaban J connectivity index is 2.03. The van der Waals surface area contributed by atoms with Gasteiger partial charge in [0, 0.05) is 23.1 Å². The maximum Gasteiger partial charge on any atom is 0.343 e. The van der Waals surface area contributed by atoms with Gasteiger partial charge in [-0.1, -0.05) is 22.4 Å². The number of H-pyrrole nitrogens is 1. The normalized spacial score (nSPS) is 15.9. The highest BCUT2D eigenvalue weighted by Gasteiger charge is 2.33. The van der Waals surface area contributed by atoms with E-state index in [0.29, 0.717) is 5.92 Å². The smallest absolute Gasteiger partial charge is 0.343 e. The first-order valence-electron chi connectivity index (χ1n) is 7.69. The lowest BCUT2D eigenvalue weighted by Crippen LogP contribution is -2.26. The van der Waals surface area contributed by atoms with E-state index in [-0.39, 0.29) is 18.2 Å². The van der Waals surface area contributed by atoms with Crippen LogP contribution in [-0.2, 0) is 11.8 Å². The van der Waals surface area contributed by atoms with Gasteiger partial charge in [-0.15, -0.1) is 0 Å². The van der Waals surface area contributed by atoms with Crippen LogP contribution in [0.2, 0.25) is 0 Å². The molecule has 1 aromatic heterocycles. The SMILES string of the molecule is Cn1c(C(c2cc(Br)cc(NCC=O)c2)C2CCC2)n[nH]c1=O. The number of rotatable bonds is 6. The van der Waals surface area contributed by atoms with Gasteiger partial charge in [-0.05, 0) is 42.5 Å². The Hall–Kier alpha value is -1.89. The molecule has 1 fully saturated rings. The number of aromatic nitrogens is 3. The van der Waals surface area contributed by atoms with E-state index in [4.69, 9.17) is 0 Å². The summed E-state index contributed by atoms with van der Waals surface area (Å²) in [6, 6.07) is 6.04. The molecule has 1 aromatic carbocycles. The maximum atomic E-state index is 11.8. The molecular weight excluding hydrogens is 360 g/mol. The number of nitrogens with zero attached hydrogens (tertiary/aromatic N) is 2. The molecule has 1 atom stereocenters. The molecule has 7 heteroatoms. The Labute approximate surface area is 142 Å². The molecule has 1 heterocycles. The molecule has 1 unspecified atom stereocenters. The summed E-state index contributed by atoms with van der Waals surface area (Å²) in [5.74, 6) is 1.32. The van der Waals surface area contributed by atoms with Crippen LogP contribution in [-0.4, -0.2) is 27.6 Å². The minimum absolute atomic E-state index is 0.0713. The molecule has 0 radical (unpaired) electrons. The van der Waals surface area contributed by atoms with E-state index >= 15 is 0 Å². The fourth-order valence-electron chi connectivity index (χ4n) is 3.10. The fraction of sp³-hybridized carbons (Fsp3) is 0.438. The van der Waals surface area contributed by atoms with Crippen LogP contribution in [0.5, 0.6) is 0 Å². The number of benzene rings is 1. The summed E-state index contributed by atoms with van der Waals surface area (Å²) >= 11 is 3.53. The molecule has 0 spiro atoms. The Kier molecular flexibility index (Phi) is 4.66. The monoisotopic (exact) mass is 378 g/mol. The number of hydrogen-bond acceptors (Lipinski definition) is 4. The van der Waals surface area contributed by atoms with Crippen molar-refractivity contribution in [2.75, 3.05) is 11.9 Å². The molecular formula is C16H19BrN4O2. The molecule has 1 aliphatic rings. The Morgan fingerprint density at radius 3 is 2.83 bits per heavy atom. The van der Waals surface area contributed by atoms with Crippen LogP contribution in [0, 0.1) is 5.92 Å². The minimum Gasteiger partial charge on any atom is -0.378 e. The summed E-state index contributed by atoms with van der Waals surface area (Å²) in [5, 5.41) is 9.87. The first kappa shape index (κ1) is 16.0. The zero-order valence-electron chi connectivity index (χ0n) is 12.9. The number of nitrogens with one attached hydrogen (secondary N) is 2. The lowest BCUT2D eigenvalue weighted by molar-refractivity contribution is -0.106. The standard InChI is InChI=1S/C16H19BrN4O2/c1-21-15(19-20-16(21)23)14(10-3-2-4-10)11-7-12(17)9-13(8-11)18-5-6-22/h6-10,14,18H,2-5H2,1H3,(H,20,23).